The zero-order valence-electron chi connectivity index (χ0n) is 14.7. The quantitative estimate of drug-likeness (QED) is 0.792. The maximum atomic E-state index is 12.6. The number of nitrogens with one attached hydrogen (secondary N) is 1. The van der Waals surface area contributed by atoms with E-state index >= 15 is 0 Å². The fourth-order valence-electron chi connectivity index (χ4n) is 3.66. The van der Waals surface area contributed by atoms with Gasteiger partial charge in [-0.05, 0) is 43.6 Å². The largest absolute Gasteiger partial charge is 0.396 e. The van der Waals surface area contributed by atoms with Crippen molar-refractivity contribution in [3.05, 3.63) is 35.9 Å². The van der Waals surface area contributed by atoms with Gasteiger partial charge in [-0.1, -0.05) is 30.3 Å². The third-order valence-electron chi connectivity index (χ3n) is 5.30. The van der Waals surface area contributed by atoms with E-state index in [2.05, 4.69) is 5.32 Å². The number of likely N-dealkylation sites (tertiary alicyclic amines) is 1. The molecule has 2 N–H and O–H groups in total. The monoisotopic (exact) mass is 344 g/mol. The molecule has 2 fully saturated rings. The van der Waals surface area contributed by atoms with Crippen LogP contribution >= 0.6 is 0 Å². The summed E-state index contributed by atoms with van der Waals surface area (Å²) < 4.78 is 0. The molecular formula is C20H28N2O3. The molecule has 2 amide bonds. The van der Waals surface area contributed by atoms with Gasteiger partial charge in [0.2, 0.25) is 11.8 Å². The van der Waals surface area contributed by atoms with Crippen LogP contribution in [0.5, 0.6) is 0 Å². The number of aliphatic hydroxyl groups excluding tert-OH is 1. The molecule has 1 aromatic rings. The molecule has 0 bridgehead atoms. The summed E-state index contributed by atoms with van der Waals surface area (Å²) in [5.74, 6) is 0.532. The first-order valence-electron chi connectivity index (χ1n) is 9.40. The number of carbonyl (C=O) groups excluding carboxylic acids is 2. The number of rotatable bonds is 7. The molecule has 0 aromatic heterocycles. The van der Waals surface area contributed by atoms with Crippen molar-refractivity contribution in [3.8, 4) is 0 Å². The highest BCUT2D eigenvalue weighted by molar-refractivity contribution is 5.82. The Kier molecular flexibility index (Phi) is 6.08. The fourth-order valence-corrected chi connectivity index (χ4v) is 3.66. The second-order valence-electron chi connectivity index (χ2n) is 7.31. The van der Waals surface area contributed by atoms with E-state index in [4.69, 9.17) is 0 Å². The lowest BCUT2D eigenvalue weighted by Gasteiger charge is -2.33. The van der Waals surface area contributed by atoms with Crippen molar-refractivity contribution >= 4 is 11.8 Å². The molecule has 1 aliphatic heterocycles. The van der Waals surface area contributed by atoms with Gasteiger partial charge in [0.25, 0.3) is 0 Å². The first kappa shape index (κ1) is 17.9. The number of amides is 2. The molecule has 5 nitrogen and oxygen atoms in total. The van der Waals surface area contributed by atoms with Gasteiger partial charge in [-0.15, -0.1) is 0 Å². The van der Waals surface area contributed by atoms with E-state index in [1.807, 2.05) is 35.2 Å². The summed E-state index contributed by atoms with van der Waals surface area (Å²) in [5, 5.41) is 12.3. The number of benzene rings is 1. The molecule has 1 saturated carbocycles. The summed E-state index contributed by atoms with van der Waals surface area (Å²) in [6.45, 7) is 1.35. The maximum absolute atomic E-state index is 12.6. The third-order valence-corrected chi connectivity index (χ3v) is 5.30. The van der Waals surface area contributed by atoms with Crippen molar-refractivity contribution in [2.24, 2.45) is 11.8 Å². The molecule has 1 heterocycles. The van der Waals surface area contributed by atoms with Crippen LogP contribution < -0.4 is 5.32 Å². The predicted octanol–water partition coefficient (Wildman–Crippen LogP) is 1.74. The van der Waals surface area contributed by atoms with Crippen LogP contribution in [0.1, 0.15) is 37.7 Å². The summed E-state index contributed by atoms with van der Waals surface area (Å²) in [6.07, 6.45) is 4.99. The van der Waals surface area contributed by atoms with Gasteiger partial charge in [-0.2, -0.15) is 0 Å². The average Bonchev–Trinajstić information content (AvgIpc) is 3.47. The van der Waals surface area contributed by atoms with Gasteiger partial charge in [0.1, 0.15) is 0 Å². The summed E-state index contributed by atoms with van der Waals surface area (Å²) in [5.41, 5.74) is 1.01. The van der Waals surface area contributed by atoms with E-state index < -0.39 is 0 Å². The van der Waals surface area contributed by atoms with E-state index in [9.17, 15) is 14.7 Å². The molecule has 0 spiro atoms. The lowest BCUT2D eigenvalue weighted by molar-refractivity contribution is -0.135. The van der Waals surface area contributed by atoms with E-state index in [1.165, 1.54) is 0 Å². The van der Waals surface area contributed by atoms with Gasteiger partial charge in [-0.25, -0.2) is 0 Å². The van der Waals surface area contributed by atoms with E-state index in [1.54, 1.807) is 0 Å². The number of aliphatic hydroxyl groups is 1. The topological polar surface area (TPSA) is 69.6 Å². The zero-order chi connectivity index (χ0) is 17.6. The van der Waals surface area contributed by atoms with Crippen LogP contribution in [0.4, 0.5) is 0 Å². The van der Waals surface area contributed by atoms with Crippen LogP contribution in [-0.2, 0) is 16.0 Å². The molecule has 2 aliphatic rings. The molecule has 3 rings (SSSR count). The van der Waals surface area contributed by atoms with Gasteiger partial charge >= 0.3 is 0 Å². The normalized spacial score (nSPS) is 21.6. The second kappa shape index (κ2) is 8.48. The standard InChI is InChI=1S/C20H28N2O3/c23-12-10-18(16-8-9-16)21-20(25)17-7-4-11-22(14-17)19(24)13-15-5-2-1-3-6-15/h1-3,5-6,16-18,23H,4,7-14H2,(H,21,25). The van der Waals surface area contributed by atoms with Crippen LogP contribution in [0, 0.1) is 11.8 Å². The van der Waals surface area contributed by atoms with Gasteiger partial charge < -0.3 is 15.3 Å². The molecule has 1 aliphatic carbocycles. The lowest BCUT2D eigenvalue weighted by Crippen LogP contribution is -2.48. The second-order valence-corrected chi connectivity index (χ2v) is 7.31. The molecule has 25 heavy (non-hydrogen) atoms. The first-order chi connectivity index (χ1) is 12.2. The van der Waals surface area contributed by atoms with E-state index in [-0.39, 0.29) is 30.4 Å². The minimum Gasteiger partial charge on any atom is -0.396 e. The Morgan fingerprint density at radius 1 is 1.20 bits per heavy atom. The maximum Gasteiger partial charge on any atom is 0.227 e. The summed E-state index contributed by atoms with van der Waals surface area (Å²) >= 11 is 0. The van der Waals surface area contributed by atoms with Crippen LogP contribution in [-0.4, -0.2) is 47.6 Å². The molecule has 136 valence electrons. The van der Waals surface area contributed by atoms with Gasteiger partial charge in [-0.3, -0.25) is 9.59 Å². The average molecular weight is 344 g/mol. The summed E-state index contributed by atoms with van der Waals surface area (Å²) in [7, 11) is 0. The van der Waals surface area contributed by atoms with Crippen molar-refractivity contribution < 1.29 is 14.7 Å². The number of piperidine rings is 1. The van der Waals surface area contributed by atoms with Crippen LogP contribution in [0.15, 0.2) is 30.3 Å². The Balaban J connectivity index is 1.53. The van der Waals surface area contributed by atoms with Crippen molar-refractivity contribution in [2.75, 3.05) is 19.7 Å². The number of carbonyl (C=O) groups is 2. The van der Waals surface area contributed by atoms with Crippen LogP contribution in [0.3, 0.4) is 0 Å². The van der Waals surface area contributed by atoms with Gasteiger partial charge in [0.15, 0.2) is 0 Å². The first-order valence-corrected chi connectivity index (χ1v) is 9.40. The lowest BCUT2D eigenvalue weighted by atomic mass is 9.95. The molecule has 0 radical (unpaired) electrons. The van der Waals surface area contributed by atoms with Crippen LogP contribution in [0.2, 0.25) is 0 Å². The number of nitrogens with zero attached hydrogens (tertiary/aromatic N) is 1. The minimum atomic E-state index is -0.131. The Morgan fingerprint density at radius 3 is 2.64 bits per heavy atom. The Labute approximate surface area is 149 Å². The Bertz CT molecular complexity index is 586. The SMILES string of the molecule is O=C(NC(CCO)C1CC1)C1CCCN(C(=O)Cc2ccccc2)C1. The molecule has 2 unspecified atom stereocenters. The van der Waals surface area contributed by atoms with E-state index in [0.29, 0.717) is 25.3 Å². The third kappa shape index (κ3) is 5.05. The summed E-state index contributed by atoms with van der Waals surface area (Å²) in [6, 6.07) is 9.83. The van der Waals surface area contributed by atoms with Crippen LogP contribution in [0.25, 0.3) is 0 Å². The van der Waals surface area contributed by atoms with Gasteiger partial charge in [0.05, 0.1) is 12.3 Å². The highest BCUT2D eigenvalue weighted by Crippen LogP contribution is 2.34. The van der Waals surface area contributed by atoms with Crippen molar-refractivity contribution in [2.45, 2.75) is 44.6 Å². The van der Waals surface area contributed by atoms with Crippen molar-refractivity contribution in [3.63, 3.8) is 0 Å². The Hall–Kier alpha value is -1.88. The van der Waals surface area contributed by atoms with Crippen molar-refractivity contribution in [1.29, 1.82) is 0 Å². The predicted molar refractivity (Wildman–Crippen MR) is 95.8 cm³/mol. The highest BCUT2D eigenvalue weighted by atomic mass is 16.3. The Morgan fingerprint density at radius 2 is 1.96 bits per heavy atom. The van der Waals surface area contributed by atoms with E-state index in [0.717, 1.165) is 37.8 Å². The highest BCUT2D eigenvalue weighted by Gasteiger charge is 2.34. The number of hydrogen-bond acceptors (Lipinski definition) is 3. The fraction of sp³-hybridized carbons (Fsp3) is 0.600. The molecular weight excluding hydrogens is 316 g/mol. The van der Waals surface area contributed by atoms with Crippen molar-refractivity contribution in [1.82, 2.24) is 10.2 Å². The molecule has 1 saturated heterocycles. The molecule has 5 heteroatoms. The molecule has 1 aromatic carbocycles. The minimum absolute atomic E-state index is 0.0440. The summed E-state index contributed by atoms with van der Waals surface area (Å²) in [4.78, 5) is 27.0. The van der Waals surface area contributed by atoms with Gasteiger partial charge in [0, 0.05) is 25.7 Å². The smallest absolute Gasteiger partial charge is 0.227 e. The zero-order valence-corrected chi connectivity index (χ0v) is 14.7. The number of hydrogen-bond donors (Lipinski definition) is 2. The molecule has 2 atom stereocenters.